The first kappa shape index (κ1) is 17.2. The molecule has 5 nitrogen and oxygen atoms in total. The Kier molecular flexibility index (Phi) is 5.02. The highest BCUT2D eigenvalue weighted by molar-refractivity contribution is 7.09. The minimum atomic E-state index is 0.0814. The second-order valence-corrected chi connectivity index (χ2v) is 7.98. The quantitative estimate of drug-likeness (QED) is 0.738. The Hall–Kier alpha value is -2.21. The van der Waals surface area contributed by atoms with E-state index in [9.17, 15) is 4.79 Å². The van der Waals surface area contributed by atoms with Crippen molar-refractivity contribution in [3.63, 3.8) is 0 Å². The van der Waals surface area contributed by atoms with Crippen LogP contribution < -0.4 is 0 Å². The molecule has 0 unspecified atom stereocenters. The summed E-state index contributed by atoms with van der Waals surface area (Å²) in [6, 6.07) is 8.11. The van der Waals surface area contributed by atoms with Gasteiger partial charge in [-0.15, -0.1) is 11.3 Å². The van der Waals surface area contributed by atoms with Crippen LogP contribution in [0.25, 0.3) is 11.0 Å². The fourth-order valence-corrected chi connectivity index (χ4v) is 4.57. The van der Waals surface area contributed by atoms with E-state index < -0.39 is 0 Å². The number of carbonyl (C=O) groups is 1. The third-order valence-corrected chi connectivity index (χ3v) is 5.87. The first-order valence-electron chi connectivity index (χ1n) is 9.40. The summed E-state index contributed by atoms with van der Waals surface area (Å²) in [6.07, 6.45) is 5.08. The molecule has 0 saturated carbocycles. The van der Waals surface area contributed by atoms with Crippen molar-refractivity contribution in [2.75, 3.05) is 13.1 Å². The van der Waals surface area contributed by atoms with Gasteiger partial charge in [0.25, 0.3) is 5.91 Å². The number of amides is 1. The van der Waals surface area contributed by atoms with Crippen LogP contribution in [0, 0.1) is 5.92 Å². The molecule has 0 spiro atoms. The number of thiazole rings is 1. The molecule has 1 aromatic carbocycles. The predicted octanol–water partition coefficient (Wildman–Crippen LogP) is 4.07. The molecular formula is C20H24N4OS. The van der Waals surface area contributed by atoms with Gasteiger partial charge in [0.05, 0.1) is 16.0 Å². The summed E-state index contributed by atoms with van der Waals surface area (Å²) in [7, 11) is 0. The van der Waals surface area contributed by atoms with Crippen LogP contribution in [0.4, 0.5) is 0 Å². The lowest BCUT2D eigenvalue weighted by Crippen LogP contribution is -2.40. The summed E-state index contributed by atoms with van der Waals surface area (Å²) in [5.41, 5.74) is 2.71. The van der Waals surface area contributed by atoms with Gasteiger partial charge in [-0.2, -0.15) is 0 Å². The first-order chi connectivity index (χ1) is 12.7. The Morgan fingerprint density at radius 2 is 2.23 bits per heavy atom. The van der Waals surface area contributed by atoms with Crippen LogP contribution >= 0.6 is 11.3 Å². The van der Waals surface area contributed by atoms with E-state index in [2.05, 4.69) is 27.9 Å². The molecule has 6 heteroatoms. The average Bonchev–Trinajstić information content (AvgIpc) is 3.28. The van der Waals surface area contributed by atoms with E-state index in [1.54, 1.807) is 11.3 Å². The fourth-order valence-electron chi connectivity index (χ4n) is 3.69. The highest BCUT2D eigenvalue weighted by Crippen LogP contribution is 2.23. The van der Waals surface area contributed by atoms with E-state index in [1.807, 2.05) is 28.5 Å². The summed E-state index contributed by atoms with van der Waals surface area (Å²) >= 11 is 1.60. The second kappa shape index (κ2) is 7.58. The summed E-state index contributed by atoms with van der Waals surface area (Å²) in [4.78, 5) is 27.4. The number of hydrogen-bond donors (Lipinski definition) is 1. The number of aromatic nitrogens is 3. The van der Waals surface area contributed by atoms with Crippen molar-refractivity contribution in [2.24, 2.45) is 5.92 Å². The van der Waals surface area contributed by atoms with Gasteiger partial charge in [0, 0.05) is 24.9 Å². The van der Waals surface area contributed by atoms with Crippen LogP contribution in [0.15, 0.2) is 29.6 Å². The predicted molar refractivity (Wildman–Crippen MR) is 105 cm³/mol. The molecule has 0 aliphatic carbocycles. The number of piperidine rings is 1. The van der Waals surface area contributed by atoms with Gasteiger partial charge in [-0.3, -0.25) is 4.79 Å². The lowest BCUT2D eigenvalue weighted by molar-refractivity contribution is 0.0667. The minimum Gasteiger partial charge on any atom is -0.342 e. The number of H-pyrrole nitrogens is 1. The Morgan fingerprint density at radius 1 is 1.35 bits per heavy atom. The van der Waals surface area contributed by atoms with Crippen LogP contribution in [0.5, 0.6) is 0 Å². The Bertz CT molecular complexity index is 867. The number of rotatable bonds is 5. The molecule has 3 heterocycles. The van der Waals surface area contributed by atoms with Gasteiger partial charge in [0.2, 0.25) is 0 Å². The van der Waals surface area contributed by atoms with Gasteiger partial charge in [-0.25, -0.2) is 9.97 Å². The number of carbonyl (C=O) groups excluding carboxylic acids is 1. The van der Waals surface area contributed by atoms with Crippen LogP contribution in [0.3, 0.4) is 0 Å². The average molecular weight is 369 g/mol. The zero-order valence-electron chi connectivity index (χ0n) is 15.1. The zero-order valence-corrected chi connectivity index (χ0v) is 15.9. The molecule has 1 saturated heterocycles. The molecule has 1 fully saturated rings. The van der Waals surface area contributed by atoms with E-state index in [0.29, 0.717) is 11.6 Å². The molecule has 1 amide bonds. The Morgan fingerprint density at radius 3 is 3.08 bits per heavy atom. The van der Waals surface area contributed by atoms with E-state index in [0.717, 1.165) is 67.1 Å². The van der Waals surface area contributed by atoms with Crippen molar-refractivity contribution in [1.29, 1.82) is 0 Å². The summed E-state index contributed by atoms with van der Waals surface area (Å²) in [5, 5.41) is 2.97. The number of benzene rings is 1. The fraction of sp³-hybridized carbons (Fsp3) is 0.450. The van der Waals surface area contributed by atoms with Gasteiger partial charge in [-0.05, 0) is 43.7 Å². The topological polar surface area (TPSA) is 61.9 Å². The molecule has 2 aromatic heterocycles. The SMILES string of the molecule is CCCc1nc(C(=O)N2CCC[C@H](Cc3nc4ccccc4[nH]3)C2)cs1. The van der Waals surface area contributed by atoms with E-state index in [1.165, 1.54) is 0 Å². The van der Waals surface area contributed by atoms with Crippen molar-refractivity contribution in [3.8, 4) is 0 Å². The standard InChI is InChI=1S/C20H24N4OS/c1-2-6-19-23-17(13-26-19)20(25)24-10-5-7-14(12-24)11-18-21-15-8-3-4-9-16(15)22-18/h3-4,8-9,13-14H,2,5-7,10-12H2,1H3,(H,21,22)/t14-/m1/s1. The number of imidazole rings is 1. The van der Waals surface area contributed by atoms with Crippen LogP contribution in [0.2, 0.25) is 0 Å². The Labute approximate surface area is 157 Å². The van der Waals surface area contributed by atoms with Gasteiger partial charge in [0.15, 0.2) is 0 Å². The van der Waals surface area contributed by atoms with E-state index in [-0.39, 0.29) is 5.91 Å². The molecule has 1 N–H and O–H groups in total. The number of para-hydroxylation sites is 2. The maximum absolute atomic E-state index is 12.8. The molecule has 1 atom stereocenters. The molecule has 4 rings (SSSR count). The number of likely N-dealkylation sites (tertiary alicyclic amines) is 1. The number of fused-ring (bicyclic) bond motifs is 1. The normalized spacial score (nSPS) is 17.7. The van der Waals surface area contributed by atoms with E-state index >= 15 is 0 Å². The molecule has 1 aliphatic rings. The van der Waals surface area contributed by atoms with Gasteiger partial charge in [-0.1, -0.05) is 19.1 Å². The number of nitrogens with one attached hydrogen (secondary N) is 1. The number of nitrogens with zero attached hydrogens (tertiary/aromatic N) is 3. The minimum absolute atomic E-state index is 0.0814. The highest BCUT2D eigenvalue weighted by Gasteiger charge is 2.26. The van der Waals surface area contributed by atoms with Crippen molar-refractivity contribution in [3.05, 3.63) is 46.2 Å². The first-order valence-corrected chi connectivity index (χ1v) is 10.3. The summed E-state index contributed by atoms with van der Waals surface area (Å²) < 4.78 is 0. The smallest absolute Gasteiger partial charge is 0.273 e. The molecule has 136 valence electrons. The molecule has 0 radical (unpaired) electrons. The van der Waals surface area contributed by atoms with Gasteiger partial charge in [0.1, 0.15) is 11.5 Å². The second-order valence-electron chi connectivity index (χ2n) is 7.04. The third-order valence-electron chi connectivity index (χ3n) is 4.96. The van der Waals surface area contributed by atoms with Crippen molar-refractivity contribution in [2.45, 2.75) is 39.0 Å². The van der Waals surface area contributed by atoms with Crippen LogP contribution in [0.1, 0.15) is 47.5 Å². The summed E-state index contributed by atoms with van der Waals surface area (Å²) in [5.74, 6) is 1.55. The van der Waals surface area contributed by atoms with E-state index in [4.69, 9.17) is 0 Å². The van der Waals surface area contributed by atoms with Crippen LogP contribution in [-0.2, 0) is 12.8 Å². The monoisotopic (exact) mass is 368 g/mol. The lowest BCUT2D eigenvalue weighted by atomic mass is 9.94. The molecule has 26 heavy (non-hydrogen) atoms. The Balaban J connectivity index is 1.42. The van der Waals surface area contributed by atoms with Crippen molar-refractivity contribution >= 4 is 28.3 Å². The number of hydrogen-bond acceptors (Lipinski definition) is 4. The molecule has 1 aliphatic heterocycles. The zero-order chi connectivity index (χ0) is 17.9. The highest BCUT2D eigenvalue weighted by atomic mass is 32.1. The maximum atomic E-state index is 12.8. The summed E-state index contributed by atoms with van der Waals surface area (Å²) in [6.45, 7) is 3.75. The molecular weight excluding hydrogens is 344 g/mol. The maximum Gasteiger partial charge on any atom is 0.273 e. The lowest BCUT2D eigenvalue weighted by Gasteiger charge is -2.32. The van der Waals surface area contributed by atoms with Gasteiger partial charge < -0.3 is 9.88 Å². The molecule has 0 bridgehead atoms. The van der Waals surface area contributed by atoms with Crippen LogP contribution in [-0.4, -0.2) is 38.8 Å². The van der Waals surface area contributed by atoms with Gasteiger partial charge >= 0.3 is 0 Å². The van der Waals surface area contributed by atoms with Crippen molar-refractivity contribution in [1.82, 2.24) is 19.9 Å². The number of aryl methyl sites for hydroxylation is 1. The number of aromatic amines is 1. The molecule has 3 aromatic rings. The third kappa shape index (κ3) is 3.65. The largest absolute Gasteiger partial charge is 0.342 e. The van der Waals surface area contributed by atoms with Crippen molar-refractivity contribution < 1.29 is 4.79 Å².